The van der Waals surface area contributed by atoms with Gasteiger partial charge in [0.2, 0.25) is 0 Å². The number of benzene rings is 1. The number of furan rings is 1. The number of rotatable bonds is 5. The molecule has 1 unspecified atom stereocenters. The third-order valence-corrected chi connectivity index (χ3v) is 3.04. The highest BCUT2D eigenvalue weighted by Gasteiger charge is 2.11. The zero-order valence-corrected chi connectivity index (χ0v) is 11.1. The molecule has 0 spiro atoms. The quantitative estimate of drug-likeness (QED) is 0.876. The Morgan fingerprint density at radius 3 is 2.83 bits per heavy atom. The van der Waals surface area contributed by atoms with Crippen molar-refractivity contribution >= 4 is 0 Å². The van der Waals surface area contributed by atoms with Gasteiger partial charge in [0.15, 0.2) is 0 Å². The molecule has 0 aliphatic rings. The molecule has 2 rings (SSSR count). The van der Waals surface area contributed by atoms with Crippen molar-refractivity contribution in [3.63, 3.8) is 0 Å². The molecule has 1 aromatic heterocycles. The summed E-state index contributed by atoms with van der Waals surface area (Å²) < 4.78 is 10.5. The number of ether oxygens (including phenoxy) is 1. The zero-order valence-electron chi connectivity index (χ0n) is 11.1. The van der Waals surface area contributed by atoms with Crippen LogP contribution in [0.5, 0.6) is 5.75 Å². The summed E-state index contributed by atoms with van der Waals surface area (Å²) in [5.74, 6) is 0.924. The smallest absolute Gasteiger partial charge is 0.123 e. The average molecular weight is 245 g/mol. The third kappa shape index (κ3) is 2.93. The van der Waals surface area contributed by atoms with Crippen LogP contribution in [0.25, 0.3) is 0 Å². The first-order valence-corrected chi connectivity index (χ1v) is 6.09. The molecule has 2 aromatic rings. The van der Waals surface area contributed by atoms with E-state index in [2.05, 4.69) is 31.3 Å². The Labute approximate surface area is 108 Å². The maximum atomic E-state index is 5.40. The van der Waals surface area contributed by atoms with Gasteiger partial charge in [0.25, 0.3) is 0 Å². The van der Waals surface area contributed by atoms with Gasteiger partial charge in [0, 0.05) is 23.7 Å². The van der Waals surface area contributed by atoms with Crippen molar-refractivity contribution < 1.29 is 9.15 Å². The Kier molecular flexibility index (Phi) is 4.05. The Hall–Kier alpha value is -1.74. The van der Waals surface area contributed by atoms with Crippen molar-refractivity contribution in [1.82, 2.24) is 5.32 Å². The molecule has 1 atom stereocenters. The molecule has 0 amide bonds. The van der Waals surface area contributed by atoms with E-state index in [4.69, 9.17) is 9.15 Å². The minimum absolute atomic E-state index is 0.231. The van der Waals surface area contributed by atoms with Gasteiger partial charge in [-0.3, -0.25) is 0 Å². The van der Waals surface area contributed by atoms with Gasteiger partial charge in [0.1, 0.15) is 5.75 Å². The van der Waals surface area contributed by atoms with Crippen LogP contribution in [0.4, 0.5) is 0 Å². The second-order valence-electron chi connectivity index (χ2n) is 4.48. The SMILES string of the molecule is COc1ccc(C)cc1C(C)NCc1ccoc1. The van der Waals surface area contributed by atoms with Crippen molar-refractivity contribution in [1.29, 1.82) is 0 Å². The molecule has 0 bridgehead atoms. The predicted molar refractivity (Wildman–Crippen MR) is 71.7 cm³/mol. The fourth-order valence-corrected chi connectivity index (χ4v) is 1.97. The lowest BCUT2D eigenvalue weighted by molar-refractivity contribution is 0.401. The van der Waals surface area contributed by atoms with Crippen LogP contribution in [0.2, 0.25) is 0 Å². The lowest BCUT2D eigenvalue weighted by atomic mass is 10.0. The first-order valence-electron chi connectivity index (χ1n) is 6.09. The molecular formula is C15H19NO2. The molecule has 1 aromatic carbocycles. The highest BCUT2D eigenvalue weighted by Crippen LogP contribution is 2.26. The summed E-state index contributed by atoms with van der Waals surface area (Å²) in [6.07, 6.45) is 3.45. The van der Waals surface area contributed by atoms with E-state index in [9.17, 15) is 0 Å². The molecule has 0 radical (unpaired) electrons. The van der Waals surface area contributed by atoms with Crippen molar-refractivity contribution in [2.45, 2.75) is 26.4 Å². The normalized spacial score (nSPS) is 12.4. The number of nitrogens with one attached hydrogen (secondary N) is 1. The van der Waals surface area contributed by atoms with Crippen molar-refractivity contribution in [3.05, 3.63) is 53.5 Å². The summed E-state index contributed by atoms with van der Waals surface area (Å²) in [6, 6.07) is 8.43. The lowest BCUT2D eigenvalue weighted by Crippen LogP contribution is -2.18. The fraction of sp³-hybridized carbons (Fsp3) is 0.333. The Balaban J connectivity index is 2.08. The van der Waals surface area contributed by atoms with E-state index < -0.39 is 0 Å². The summed E-state index contributed by atoms with van der Waals surface area (Å²) in [5.41, 5.74) is 3.57. The summed E-state index contributed by atoms with van der Waals surface area (Å²) >= 11 is 0. The molecule has 0 saturated carbocycles. The Bertz CT molecular complexity index is 491. The maximum absolute atomic E-state index is 5.40. The first-order chi connectivity index (χ1) is 8.70. The molecule has 96 valence electrons. The second-order valence-corrected chi connectivity index (χ2v) is 4.48. The molecule has 3 heteroatoms. The van der Waals surface area contributed by atoms with E-state index in [0.29, 0.717) is 0 Å². The van der Waals surface area contributed by atoms with Gasteiger partial charge in [-0.15, -0.1) is 0 Å². The van der Waals surface area contributed by atoms with Crippen molar-refractivity contribution in [3.8, 4) is 5.75 Å². The summed E-state index contributed by atoms with van der Waals surface area (Å²) in [4.78, 5) is 0. The monoisotopic (exact) mass is 245 g/mol. The summed E-state index contributed by atoms with van der Waals surface area (Å²) in [5, 5.41) is 3.46. The van der Waals surface area contributed by atoms with Crippen LogP contribution in [0, 0.1) is 6.92 Å². The number of hydrogen-bond donors (Lipinski definition) is 1. The highest BCUT2D eigenvalue weighted by molar-refractivity contribution is 5.38. The summed E-state index contributed by atoms with van der Waals surface area (Å²) in [7, 11) is 1.71. The van der Waals surface area contributed by atoms with E-state index in [0.717, 1.165) is 17.9 Å². The molecule has 0 aliphatic heterocycles. The second kappa shape index (κ2) is 5.74. The Morgan fingerprint density at radius 1 is 1.33 bits per heavy atom. The standard InChI is InChI=1S/C15H19NO2/c1-11-4-5-15(17-3)14(8-11)12(2)16-9-13-6-7-18-10-13/h4-8,10,12,16H,9H2,1-3H3. The fourth-order valence-electron chi connectivity index (χ4n) is 1.97. The summed E-state index contributed by atoms with van der Waals surface area (Å²) in [6.45, 7) is 5.01. The molecule has 3 nitrogen and oxygen atoms in total. The van der Waals surface area contributed by atoms with Gasteiger partial charge in [-0.1, -0.05) is 17.7 Å². The number of hydrogen-bond acceptors (Lipinski definition) is 3. The van der Waals surface area contributed by atoms with Gasteiger partial charge in [-0.05, 0) is 26.0 Å². The zero-order chi connectivity index (χ0) is 13.0. The van der Waals surface area contributed by atoms with E-state index in [1.807, 2.05) is 12.1 Å². The average Bonchev–Trinajstić information content (AvgIpc) is 2.89. The third-order valence-electron chi connectivity index (χ3n) is 3.04. The van der Waals surface area contributed by atoms with Gasteiger partial charge in [-0.2, -0.15) is 0 Å². The molecule has 0 saturated heterocycles. The molecule has 0 fully saturated rings. The van der Waals surface area contributed by atoms with Crippen LogP contribution in [0.3, 0.4) is 0 Å². The number of methoxy groups -OCH3 is 1. The van der Waals surface area contributed by atoms with Gasteiger partial charge >= 0.3 is 0 Å². The topological polar surface area (TPSA) is 34.4 Å². The largest absolute Gasteiger partial charge is 0.496 e. The van der Waals surface area contributed by atoms with E-state index >= 15 is 0 Å². The minimum atomic E-state index is 0.231. The highest BCUT2D eigenvalue weighted by atomic mass is 16.5. The van der Waals surface area contributed by atoms with Crippen LogP contribution in [-0.2, 0) is 6.54 Å². The minimum Gasteiger partial charge on any atom is -0.496 e. The number of aryl methyl sites for hydroxylation is 1. The molecule has 0 aliphatic carbocycles. The molecular weight excluding hydrogens is 226 g/mol. The van der Waals surface area contributed by atoms with Crippen molar-refractivity contribution in [2.24, 2.45) is 0 Å². The van der Waals surface area contributed by atoms with E-state index in [-0.39, 0.29) is 6.04 Å². The van der Waals surface area contributed by atoms with Gasteiger partial charge < -0.3 is 14.5 Å². The van der Waals surface area contributed by atoms with Crippen LogP contribution in [0.1, 0.15) is 29.7 Å². The van der Waals surface area contributed by atoms with Crippen LogP contribution in [-0.4, -0.2) is 7.11 Å². The first kappa shape index (κ1) is 12.7. The van der Waals surface area contributed by atoms with E-state index in [1.54, 1.807) is 19.6 Å². The van der Waals surface area contributed by atoms with E-state index in [1.165, 1.54) is 11.1 Å². The van der Waals surface area contributed by atoms with Crippen LogP contribution in [0.15, 0.2) is 41.2 Å². The lowest BCUT2D eigenvalue weighted by Gasteiger charge is -2.17. The van der Waals surface area contributed by atoms with Gasteiger partial charge in [0.05, 0.1) is 19.6 Å². The van der Waals surface area contributed by atoms with Crippen LogP contribution >= 0.6 is 0 Å². The van der Waals surface area contributed by atoms with Crippen LogP contribution < -0.4 is 10.1 Å². The van der Waals surface area contributed by atoms with Crippen molar-refractivity contribution in [2.75, 3.05) is 7.11 Å². The molecule has 18 heavy (non-hydrogen) atoms. The molecule has 1 N–H and O–H groups in total. The molecule has 1 heterocycles. The Morgan fingerprint density at radius 2 is 2.17 bits per heavy atom. The predicted octanol–water partition coefficient (Wildman–Crippen LogP) is 3.45. The van der Waals surface area contributed by atoms with Gasteiger partial charge in [-0.25, -0.2) is 0 Å². The maximum Gasteiger partial charge on any atom is 0.123 e.